The van der Waals surface area contributed by atoms with Gasteiger partial charge in [0.25, 0.3) is 0 Å². The highest BCUT2D eigenvalue weighted by Crippen LogP contribution is 2.22. The van der Waals surface area contributed by atoms with Gasteiger partial charge in [0.15, 0.2) is 0 Å². The zero-order valence-electron chi connectivity index (χ0n) is 11.0. The summed E-state index contributed by atoms with van der Waals surface area (Å²) in [6.07, 6.45) is 8.59. The van der Waals surface area contributed by atoms with Crippen molar-refractivity contribution in [3.8, 4) is 0 Å². The van der Waals surface area contributed by atoms with E-state index >= 15 is 0 Å². The van der Waals surface area contributed by atoms with Crippen molar-refractivity contribution in [1.29, 1.82) is 0 Å². The van der Waals surface area contributed by atoms with Gasteiger partial charge in [0.2, 0.25) is 5.91 Å². The van der Waals surface area contributed by atoms with Gasteiger partial charge in [-0.2, -0.15) is 0 Å². The van der Waals surface area contributed by atoms with Crippen LogP contribution in [0.15, 0.2) is 30.5 Å². The number of carbonyl (C=O) groups excluding carboxylic acids is 1. The first kappa shape index (κ1) is 12.8. The Balaban J connectivity index is 2.05. The fraction of sp³-hybridized carbons (Fsp3) is 0.467. The van der Waals surface area contributed by atoms with Gasteiger partial charge in [-0.15, -0.1) is 0 Å². The van der Waals surface area contributed by atoms with Gasteiger partial charge >= 0.3 is 0 Å². The maximum atomic E-state index is 12.2. The van der Waals surface area contributed by atoms with Crippen LogP contribution in [-0.2, 0) is 4.79 Å². The van der Waals surface area contributed by atoms with E-state index in [0.717, 1.165) is 18.5 Å². The van der Waals surface area contributed by atoms with Crippen molar-refractivity contribution in [3.05, 3.63) is 36.2 Å². The molecule has 0 radical (unpaired) electrons. The molecular weight excluding hydrogens is 224 g/mol. The van der Waals surface area contributed by atoms with E-state index in [1.807, 2.05) is 23.1 Å². The minimum atomic E-state index is 0.0975. The van der Waals surface area contributed by atoms with Crippen molar-refractivity contribution < 1.29 is 4.79 Å². The maximum Gasteiger partial charge on any atom is 0.247 e. The molecule has 1 fully saturated rings. The van der Waals surface area contributed by atoms with Gasteiger partial charge < -0.3 is 4.90 Å². The molecule has 0 aliphatic carbocycles. The minimum Gasteiger partial charge on any atom is -0.334 e. The minimum absolute atomic E-state index is 0.0975. The first-order chi connectivity index (χ1) is 8.68. The van der Waals surface area contributed by atoms with E-state index < -0.39 is 0 Å². The second kappa shape index (κ2) is 5.80. The lowest BCUT2D eigenvalue weighted by Gasteiger charge is -2.38. The molecule has 0 bridgehead atoms. The molecular formula is C15H20N2O. The average molecular weight is 244 g/mol. The number of nitrogens with zero attached hydrogens (tertiary/aromatic N) is 2. The van der Waals surface area contributed by atoms with Gasteiger partial charge in [-0.25, -0.2) is 0 Å². The first-order valence-electron chi connectivity index (χ1n) is 6.60. The Hall–Kier alpha value is -1.64. The number of rotatable bonds is 2. The lowest BCUT2D eigenvalue weighted by molar-refractivity contribution is -0.131. The molecule has 1 amide bonds. The van der Waals surface area contributed by atoms with Gasteiger partial charge in [-0.3, -0.25) is 9.78 Å². The molecule has 1 aromatic heterocycles. The molecule has 2 unspecified atom stereocenters. The van der Waals surface area contributed by atoms with Crippen molar-refractivity contribution >= 4 is 12.0 Å². The Labute approximate surface area is 109 Å². The fourth-order valence-corrected chi connectivity index (χ4v) is 2.57. The summed E-state index contributed by atoms with van der Waals surface area (Å²) in [5.74, 6) is 0.0975. The second-order valence-electron chi connectivity index (χ2n) is 4.96. The standard InChI is InChI=1S/C15H20N2O/c1-12-6-5-7-13(2)17(12)15(18)10-9-14-8-3-4-11-16-14/h3-4,8-13H,5-7H2,1-2H3/b10-9+. The van der Waals surface area contributed by atoms with E-state index in [2.05, 4.69) is 18.8 Å². The Bertz CT molecular complexity index is 417. The zero-order chi connectivity index (χ0) is 13.0. The molecule has 0 saturated carbocycles. The molecule has 1 aliphatic heterocycles. The molecule has 1 aromatic rings. The molecule has 2 rings (SSSR count). The molecule has 2 heterocycles. The van der Waals surface area contributed by atoms with E-state index in [0.29, 0.717) is 12.1 Å². The highest BCUT2D eigenvalue weighted by Gasteiger charge is 2.27. The molecule has 1 aliphatic rings. The molecule has 0 N–H and O–H groups in total. The van der Waals surface area contributed by atoms with Gasteiger partial charge in [0.05, 0.1) is 5.69 Å². The summed E-state index contributed by atoms with van der Waals surface area (Å²) in [6.45, 7) is 4.25. The molecule has 18 heavy (non-hydrogen) atoms. The summed E-state index contributed by atoms with van der Waals surface area (Å²) in [7, 11) is 0. The third kappa shape index (κ3) is 2.97. The van der Waals surface area contributed by atoms with Gasteiger partial charge in [-0.1, -0.05) is 6.07 Å². The summed E-state index contributed by atoms with van der Waals surface area (Å²) < 4.78 is 0. The quantitative estimate of drug-likeness (QED) is 0.749. The van der Waals surface area contributed by atoms with Crippen LogP contribution in [0.1, 0.15) is 38.8 Å². The van der Waals surface area contributed by atoms with E-state index in [1.54, 1.807) is 18.3 Å². The van der Waals surface area contributed by atoms with Gasteiger partial charge in [0, 0.05) is 24.4 Å². The van der Waals surface area contributed by atoms with Crippen LogP contribution in [0.5, 0.6) is 0 Å². The normalized spacial score (nSPS) is 24.4. The predicted molar refractivity (Wildman–Crippen MR) is 72.9 cm³/mol. The van der Waals surface area contributed by atoms with Crippen molar-refractivity contribution in [3.63, 3.8) is 0 Å². The molecule has 96 valence electrons. The van der Waals surface area contributed by atoms with Crippen molar-refractivity contribution in [2.75, 3.05) is 0 Å². The van der Waals surface area contributed by atoms with Crippen LogP contribution >= 0.6 is 0 Å². The number of piperidine rings is 1. The first-order valence-corrected chi connectivity index (χ1v) is 6.60. The number of likely N-dealkylation sites (tertiary alicyclic amines) is 1. The van der Waals surface area contributed by atoms with Crippen LogP contribution < -0.4 is 0 Å². The van der Waals surface area contributed by atoms with E-state index in [9.17, 15) is 4.79 Å². The van der Waals surface area contributed by atoms with E-state index in [-0.39, 0.29) is 5.91 Å². The maximum absolute atomic E-state index is 12.2. The summed E-state index contributed by atoms with van der Waals surface area (Å²) in [6, 6.07) is 6.37. The number of pyridine rings is 1. The summed E-state index contributed by atoms with van der Waals surface area (Å²) in [5.41, 5.74) is 0.822. The number of carbonyl (C=O) groups is 1. The third-order valence-electron chi connectivity index (χ3n) is 3.53. The second-order valence-corrected chi connectivity index (χ2v) is 4.96. The van der Waals surface area contributed by atoms with Crippen molar-refractivity contribution in [1.82, 2.24) is 9.88 Å². The van der Waals surface area contributed by atoms with Crippen LogP contribution in [0, 0.1) is 0 Å². The Kier molecular flexibility index (Phi) is 4.13. The van der Waals surface area contributed by atoms with Crippen LogP contribution in [0.2, 0.25) is 0 Å². The van der Waals surface area contributed by atoms with Crippen molar-refractivity contribution in [2.45, 2.75) is 45.2 Å². The molecule has 3 heteroatoms. The van der Waals surface area contributed by atoms with Gasteiger partial charge in [-0.05, 0) is 51.3 Å². The monoisotopic (exact) mass is 244 g/mol. The largest absolute Gasteiger partial charge is 0.334 e. The van der Waals surface area contributed by atoms with E-state index in [4.69, 9.17) is 0 Å². The summed E-state index contributed by atoms with van der Waals surface area (Å²) in [5, 5.41) is 0. The van der Waals surface area contributed by atoms with Crippen molar-refractivity contribution in [2.24, 2.45) is 0 Å². The van der Waals surface area contributed by atoms with Crippen LogP contribution in [0.25, 0.3) is 6.08 Å². The van der Waals surface area contributed by atoms with Crippen LogP contribution in [0.3, 0.4) is 0 Å². The Morgan fingerprint density at radius 1 is 1.33 bits per heavy atom. The summed E-state index contributed by atoms with van der Waals surface area (Å²) >= 11 is 0. The molecule has 0 aromatic carbocycles. The Morgan fingerprint density at radius 2 is 2.06 bits per heavy atom. The van der Waals surface area contributed by atoms with Gasteiger partial charge in [0.1, 0.15) is 0 Å². The molecule has 1 saturated heterocycles. The smallest absolute Gasteiger partial charge is 0.247 e. The average Bonchev–Trinajstić information content (AvgIpc) is 2.37. The van der Waals surface area contributed by atoms with E-state index in [1.165, 1.54) is 6.42 Å². The molecule has 2 atom stereocenters. The SMILES string of the molecule is CC1CCCC(C)N1C(=O)/C=C/c1ccccn1. The number of aromatic nitrogens is 1. The highest BCUT2D eigenvalue weighted by atomic mass is 16.2. The van der Waals surface area contributed by atoms with Crippen LogP contribution in [-0.4, -0.2) is 27.9 Å². The predicted octanol–water partition coefficient (Wildman–Crippen LogP) is 2.88. The lowest BCUT2D eigenvalue weighted by atomic mass is 9.97. The third-order valence-corrected chi connectivity index (χ3v) is 3.53. The zero-order valence-corrected chi connectivity index (χ0v) is 11.0. The topological polar surface area (TPSA) is 33.2 Å². The highest BCUT2D eigenvalue weighted by molar-refractivity contribution is 5.92. The fourth-order valence-electron chi connectivity index (χ4n) is 2.57. The molecule has 0 spiro atoms. The number of amides is 1. The number of hydrogen-bond acceptors (Lipinski definition) is 2. The summed E-state index contributed by atoms with van der Waals surface area (Å²) in [4.78, 5) is 18.4. The molecule has 3 nitrogen and oxygen atoms in total. The van der Waals surface area contributed by atoms with Crippen LogP contribution in [0.4, 0.5) is 0 Å². The Morgan fingerprint density at radius 3 is 2.67 bits per heavy atom. The lowest BCUT2D eigenvalue weighted by Crippen LogP contribution is -2.46. The number of hydrogen-bond donors (Lipinski definition) is 0.